The largest absolute Gasteiger partial charge is 0.331 e. The highest BCUT2D eigenvalue weighted by molar-refractivity contribution is 7.89. The number of amides is 1. The molecule has 0 unspecified atom stereocenters. The third-order valence-corrected chi connectivity index (χ3v) is 4.34. The lowest BCUT2D eigenvalue weighted by molar-refractivity contribution is 0.0786. The van der Waals surface area contributed by atoms with Crippen molar-refractivity contribution < 1.29 is 17.6 Å². The molecule has 120 valence electrons. The van der Waals surface area contributed by atoms with E-state index in [4.69, 9.17) is 0 Å². The lowest BCUT2D eigenvalue weighted by Gasteiger charge is -2.20. The fraction of sp³-hybridized carbons (Fsp3) is 0.267. The van der Waals surface area contributed by atoms with E-state index in [2.05, 4.69) is 17.9 Å². The number of nitrogens with one attached hydrogen (secondary N) is 1. The lowest BCUT2D eigenvalue weighted by Crippen LogP contribution is -2.32. The van der Waals surface area contributed by atoms with Gasteiger partial charge in [0.25, 0.3) is 5.91 Å². The molecule has 0 spiro atoms. The van der Waals surface area contributed by atoms with Gasteiger partial charge in [0.15, 0.2) is 0 Å². The third-order valence-electron chi connectivity index (χ3n) is 2.80. The SMILES string of the molecule is C=CCN(CC=C)C(=O)c1cc(S(=O)(=O)NCC)ccc1F. The van der Waals surface area contributed by atoms with Gasteiger partial charge in [-0.2, -0.15) is 0 Å². The van der Waals surface area contributed by atoms with Gasteiger partial charge < -0.3 is 4.90 Å². The zero-order valence-electron chi connectivity index (χ0n) is 12.4. The van der Waals surface area contributed by atoms with Crippen molar-refractivity contribution in [1.29, 1.82) is 0 Å². The van der Waals surface area contributed by atoms with Crippen LogP contribution >= 0.6 is 0 Å². The summed E-state index contributed by atoms with van der Waals surface area (Å²) in [5, 5.41) is 0. The molecule has 1 rings (SSSR count). The summed E-state index contributed by atoms with van der Waals surface area (Å²) in [5.41, 5.74) is -0.303. The van der Waals surface area contributed by atoms with E-state index in [0.717, 1.165) is 18.2 Å². The summed E-state index contributed by atoms with van der Waals surface area (Å²) in [6.07, 6.45) is 3.00. The van der Waals surface area contributed by atoms with Crippen LogP contribution in [0.4, 0.5) is 4.39 Å². The average molecular weight is 326 g/mol. The molecular formula is C15H19FN2O3S. The van der Waals surface area contributed by atoms with Crippen LogP contribution in [-0.2, 0) is 10.0 Å². The number of halogens is 1. The van der Waals surface area contributed by atoms with Gasteiger partial charge in [0.2, 0.25) is 10.0 Å². The van der Waals surface area contributed by atoms with Crippen molar-refractivity contribution in [3.8, 4) is 0 Å². The molecular weight excluding hydrogens is 307 g/mol. The van der Waals surface area contributed by atoms with Crippen LogP contribution in [0.3, 0.4) is 0 Å². The van der Waals surface area contributed by atoms with Gasteiger partial charge in [-0.25, -0.2) is 17.5 Å². The normalized spacial score (nSPS) is 11.0. The van der Waals surface area contributed by atoms with E-state index in [0.29, 0.717) is 0 Å². The molecule has 1 aromatic rings. The van der Waals surface area contributed by atoms with Gasteiger partial charge in [-0.05, 0) is 18.2 Å². The Balaban J connectivity index is 3.26. The number of hydrogen-bond donors (Lipinski definition) is 1. The van der Waals surface area contributed by atoms with Crippen LogP contribution in [0.5, 0.6) is 0 Å². The molecule has 0 atom stereocenters. The van der Waals surface area contributed by atoms with E-state index in [1.54, 1.807) is 6.92 Å². The van der Waals surface area contributed by atoms with Crippen LogP contribution in [0.15, 0.2) is 48.4 Å². The number of hydrogen-bond acceptors (Lipinski definition) is 3. The molecule has 7 heteroatoms. The van der Waals surface area contributed by atoms with Gasteiger partial charge in [0.1, 0.15) is 5.82 Å². The van der Waals surface area contributed by atoms with Crippen molar-refractivity contribution in [2.45, 2.75) is 11.8 Å². The van der Waals surface area contributed by atoms with Crippen molar-refractivity contribution in [3.05, 3.63) is 54.9 Å². The molecule has 0 heterocycles. The molecule has 0 bridgehead atoms. The molecule has 0 radical (unpaired) electrons. The van der Waals surface area contributed by atoms with Crippen LogP contribution in [0.2, 0.25) is 0 Å². The second-order valence-electron chi connectivity index (χ2n) is 4.43. The van der Waals surface area contributed by atoms with Crippen LogP contribution in [-0.4, -0.2) is 38.9 Å². The molecule has 0 aliphatic heterocycles. The maximum atomic E-state index is 13.9. The Bertz CT molecular complexity index is 661. The van der Waals surface area contributed by atoms with E-state index < -0.39 is 21.7 Å². The van der Waals surface area contributed by atoms with Crippen molar-refractivity contribution in [1.82, 2.24) is 9.62 Å². The van der Waals surface area contributed by atoms with Crippen LogP contribution < -0.4 is 4.72 Å². The van der Waals surface area contributed by atoms with Gasteiger partial charge in [-0.1, -0.05) is 19.1 Å². The minimum absolute atomic E-state index is 0.156. The maximum absolute atomic E-state index is 13.9. The summed E-state index contributed by atoms with van der Waals surface area (Å²) >= 11 is 0. The van der Waals surface area contributed by atoms with Crippen molar-refractivity contribution in [2.24, 2.45) is 0 Å². The Labute approximate surface area is 130 Å². The van der Waals surface area contributed by atoms with Crippen molar-refractivity contribution in [2.75, 3.05) is 19.6 Å². The summed E-state index contributed by atoms with van der Waals surface area (Å²) in [6.45, 7) is 9.30. The minimum atomic E-state index is -3.76. The zero-order chi connectivity index (χ0) is 16.8. The highest BCUT2D eigenvalue weighted by atomic mass is 32.2. The molecule has 0 saturated carbocycles. The molecule has 0 fully saturated rings. The Kier molecular flexibility index (Phi) is 6.45. The summed E-state index contributed by atoms with van der Waals surface area (Å²) < 4.78 is 40.1. The zero-order valence-corrected chi connectivity index (χ0v) is 13.2. The third kappa shape index (κ3) is 4.25. The highest BCUT2D eigenvalue weighted by Crippen LogP contribution is 2.17. The smallest absolute Gasteiger partial charge is 0.257 e. The van der Waals surface area contributed by atoms with Gasteiger partial charge in [-0.15, -0.1) is 13.2 Å². The summed E-state index contributed by atoms with van der Waals surface area (Å²) in [4.78, 5) is 13.5. The quantitative estimate of drug-likeness (QED) is 0.743. The number of carbonyl (C=O) groups is 1. The second kappa shape index (κ2) is 7.86. The first-order valence-electron chi connectivity index (χ1n) is 6.67. The van der Waals surface area contributed by atoms with Crippen LogP contribution in [0.25, 0.3) is 0 Å². The Hall–Kier alpha value is -1.99. The molecule has 22 heavy (non-hydrogen) atoms. The van der Waals surface area contributed by atoms with E-state index in [-0.39, 0.29) is 30.1 Å². The van der Waals surface area contributed by atoms with E-state index >= 15 is 0 Å². The molecule has 1 N–H and O–H groups in total. The van der Waals surface area contributed by atoms with Gasteiger partial charge in [-0.3, -0.25) is 4.79 Å². The first-order chi connectivity index (χ1) is 10.4. The van der Waals surface area contributed by atoms with E-state index in [1.165, 1.54) is 17.1 Å². The molecule has 5 nitrogen and oxygen atoms in total. The minimum Gasteiger partial charge on any atom is -0.331 e. The Morgan fingerprint density at radius 3 is 2.41 bits per heavy atom. The fourth-order valence-corrected chi connectivity index (χ4v) is 2.90. The first kappa shape index (κ1) is 18.1. The molecule has 0 saturated heterocycles. The first-order valence-corrected chi connectivity index (χ1v) is 8.16. The molecule has 0 aliphatic rings. The predicted molar refractivity (Wildman–Crippen MR) is 83.6 cm³/mol. The number of nitrogens with zero attached hydrogens (tertiary/aromatic N) is 1. The standard InChI is InChI=1S/C15H19FN2O3S/c1-4-9-18(10-5-2)15(19)13-11-12(7-8-14(13)16)22(20,21)17-6-3/h4-5,7-8,11,17H,1-2,6,9-10H2,3H3. The lowest BCUT2D eigenvalue weighted by atomic mass is 10.2. The van der Waals surface area contributed by atoms with Crippen molar-refractivity contribution >= 4 is 15.9 Å². The number of sulfonamides is 1. The predicted octanol–water partition coefficient (Wildman–Crippen LogP) is 1.94. The summed E-state index contributed by atoms with van der Waals surface area (Å²) in [5.74, 6) is -1.40. The van der Waals surface area contributed by atoms with E-state index in [9.17, 15) is 17.6 Å². The molecule has 0 aromatic heterocycles. The summed E-state index contributed by atoms with van der Waals surface area (Å²) in [6, 6.07) is 3.13. The highest BCUT2D eigenvalue weighted by Gasteiger charge is 2.21. The fourth-order valence-electron chi connectivity index (χ4n) is 1.83. The van der Waals surface area contributed by atoms with Crippen LogP contribution in [0.1, 0.15) is 17.3 Å². The number of carbonyl (C=O) groups excluding carboxylic acids is 1. The Morgan fingerprint density at radius 1 is 1.32 bits per heavy atom. The second-order valence-corrected chi connectivity index (χ2v) is 6.20. The Morgan fingerprint density at radius 2 is 1.91 bits per heavy atom. The van der Waals surface area contributed by atoms with Crippen molar-refractivity contribution in [3.63, 3.8) is 0 Å². The average Bonchev–Trinajstić information content (AvgIpc) is 2.46. The van der Waals surface area contributed by atoms with Crippen LogP contribution in [0, 0.1) is 5.82 Å². The molecule has 1 amide bonds. The van der Waals surface area contributed by atoms with Gasteiger partial charge >= 0.3 is 0 Å². The molecule has 1 aromatic carbocycles. The summed E-state index contributed by atoms with van der Waals surface area (Å²) in [7, 11) is -3.76. The van der Waals surface area contributed by atoms with E-state index in [1.807, 2.05) is 0 Å². The molecule has 0 aliphatic carbocycles. The monoisotopic (exact) mass is 326 g/mol. The topological polar surface area (TPSA) is 66.5 Å². The number of benzene rings is 1. The number of rotatable bonds is 8. The van der Waals surface area contributed by atoms with Gasteiger partial charge in [0.05, 0.1) is 10.5 Å². The van der Waals surface area contributed by atoms with Gasteiger partial charge in [0, 0.05) is 19.6 Å². The maximum Gasteiger partial charge on any atom is 0.257 e.